The third-order valence-electron chi connectivity index (χ3n) is 2.25. The van der Waals surface area contributed by atoms with Gasteiger partial charge in [0.15, 0.2) is 0 Å². The van der Waals surface area contributed by atoms with Crippen molar-refractivity contribution in [2.24, 2.45) is 0 Å². The minimum absolute atomic E-state index is 0.511. The Hall–Kier alpha value is -0.300. The molecule has 0 aromatic heterocycles. The maximum atomic E-state index is 3.64. The third-order valence-corrected chi connectivity index (χ3v) is 3.43. The van der Waals surface area contributed by atoms with Crippen LogP contribution in [0.4, 0.5) is 0 Å². The number of benzene rings is 1. The predicted octanol–water partition coefficient (Wildman–Crippen LogP) is 4.15. The van der Waals surface area contributed by atoms with Gasteiger partial charge in [0.1, 0.15) is 0 Å². The van der Waals surface area contributed by atoms with Crippen molar-refractivity contribution in [3.63, 3.8) is 0 Å². The summed E-state index contributed by atoms with van der Waals surface area (Å²) in [5.41, 5.74) is 4.14. The highest BCUT2D eigenvalue weighted by Crippen LogP contribution is 2.27. The van der Waals surface area contributed by atoms with Crippen LogP contribution in [0.3, 0.4) is 0 Å². The van der Waals surface area contributed by atoms with Crippen molar-refractivity contribution in [1.29, 1.82) is 0 Å². The highest BCUT2D eigenvalue weighted by atomic mass is 79.9. The van der Waals surface area contributed by atoms with Gasteiger partial charge in [0.2, 0.25) is 0 Å². The molecule has 0 fully saturated rings. The number of rotatable bonds is 2. The molecule has 0 aliphatic rings. The maximum Gasteiger partial charge on any atom is 0.0392 e. The average Bonchev–Trinajstić information content (AvgIpc) is 2.08. The number of aryl methyl sites for hydroxylation is 2. The van der Waals surface area contributed by atoms with E-state index in [-0.39, 0.29) is 0 Å². The van der Waals surface area contributed by atoms with Crippen LogP contribution in [-0.4, -0.2) is 0 Å². The molecule has 0 heterocycles. The number of hydrogen-bond donors (Lipinski definition) is 0. The van der Waals surface area contributed by atoms with Crippen molar-refractivity contribution < 1.29 is 0 Å². The van der Waals surface area contributed by atoms with Crippen molar-refractivity contribution in [1.82, 2.24) is 0 Å². The van der Waals surface area contributed by atoms with Crippen LogP contribution in [0, 0.1) is 13.8 Å². The van der Waals surface area contributed by atoms with Gasteiger partial charge in [-0.15, -0.1) is 0 Å². The number of halogens is 1. The van der Waals surface area contributed by atoms with Gasteiger partial charge >= 0.3 is 0 Å². The maximum absolute atomic E-state index is 3.64. The van der Waals surface area contributed by atoms with Gasteiger partial charge in [0.05, 0.1) is 0 Å². The molecular weight excluding hydrogens is 212 g/mol. The summed E-state index contributed by atoms with van der Waals surface area (Å²) in [5, 5.41) is 0. The second-order valence-electron chi connectivity index (χ2n) is 3.22. The van der Waals surface area contributed by atoms with Crippen LogP contribution < -0.4 is 0 Å². The normalized spacial score (nSPS) is 13.0. The van der Waals surface area contributed by atoms with Crippen molar-refractivity contribution in [2.75, 3.05) is 0 Å². The molecule has 0 bridgehead atoms. The van der Waals surface area contributed by atoms with E-state index in [9.17, 15) is 0 Å². The molecule has 1 heteroatoms. The molecule has 0 N–H and O–H groups in total. The molecule has 0 nitrogen and oxygen atoms in total. The molecule has 1 atom stereocenters. The fourth-order valence-corrected chi connectivity index (χ4v) is 1.48. The van der Waals surface area contributed by atoms with Crippen molar-refractivity contribution in [3.05, 3.63) is 34.9 Å². The van der Waals surface area contributed by atoms with E-state index in [4.69, 9.17) is 0 Å². The molecule has 0 saturated carbocycles. The monoisotopic (exact) mass is 226 g/mol. The summed E-state index contributed by atoms with van der Waals surface area (Å²) in [6.07, 6.45) is 1.14. The van der Waals surface area contributed by atoms with E-state index >= 15 is 0 Å². The molecule has 66 valence electrons. The van der Waals surface area contributed by atoms with Gasteiger partial charge < -0.3 is 0 Å². The molecule has 0 radical (unpaired) electrons. The Morgan fingerprint density at radius 3 is 2.42 bits per heavy atom. The highest BCUT2D eigenvalue weighted by molar-refractivity contribution is 9.09. The second kappa shape index (κ2) is 4.08. The first-order chi connectivity index (χ1) is 5.65. The van der Waals surface area contributed by atoms with E-state index in [2.05, 4.69) is 54.9 Å². The standard InChI is InChI=1S/C11H15Br/c1-4-11(12)10-6-5-8(2)9(3)7-10/h5-7,11H,4H2,1-3H3. The minimum Gasteiger partial charge on any atom is -0.0839 e. The molecule has 1 aromatic carbocycles. The van der Waals surface area contributed by atoms with Crippen LogP contribution >= 0.6 is 15.9 Å². The van der Waals surface area contributed by atoms with Gasteiger partial charge in [-0.25, -0.2) is 0 Å². The van der Waals surface area contributed by atoms with E-state index in [1.807, 2.05) is 0 Å². The molecule has 12 heavy (non-hydrogen) atoms. The van der Waals surface area contributed by atoms with Gasteiger partial charge in [-0.3, -0.25) is 0 Å². The lowest BCUT2D eigenvalue weighted by Gasteiger charge is -2.09. The van der Waals surface area contributed by atoms with Crippen LogP contribution in [-0.2, 0) is 0 Å². The van der Waals surface area contributed by atoms with Crippen LogP contribution in [0.5, 0.6) is 0 Å². The average molecular weight is 227 g/mol. The molecular formula is C11H15Br. The Balaban J connectivity index is 2.96. The molecule has 0 spiro atoms. The summed E-state index contributed by atoms with van der Waals surface area (Å²) >= 11 is 3.64. The molecule has 1 rings (SSSR count). The summed E-state index contributed by atoms with van der Waals surface area (Å²) in [6.45, 7) is 6.50. The summed E-state index contributed by atoms with van der Waals surface area (Å²) in [6, 6.07) is 6.65. The van der Waals surface area contributed by atoms with E-state index in [0.29, 0.717) is 4.83 Å². The summed E-state index contributed by atoms with van der Waals surface area (Å²) in [7, 11) is 0. The van der Waals surface area contributed by atoms with E-state index in [0.717, 1.165) is 6.42 Å². The predicted molar refractivity (Wildman–Crippen MR) is 57.9 cm³/mol. The van der Waals surface area contributed by atoms with Crippen molar-refractivity contribution >= 4 is 15.9 Å². The largest absolute Gasteiger partial charge is 0.0839 e. The van der Waals surface area contributed by atoms with E-state index in [1.165, 1.54) is 16.7 Å². The Bertz CT molecular complexity index is 266. The highest BCUT2D eigenvalue weighted by Gasteiger charge is 2.04. The first kappa shape index (κ1) is 9.79. The van der Waals surface area contributed by atoms with Crippen LogP contribution in [0.2, 0.25) is 0 Å². The van der Waals surface area contributed by atoms with Gasteiger partial charge in [0.25, 0.3) is 0 Å². The Labute approximate surface area is 83.1 Å². The molecule has 0 amide bonds. The van der Waals surface area contributed by atoms with Gasteiger partial charge in [-0.2, -0.15) is 0 Å². The van der Waals surface area contributed by atoms with Crippen molar-refractivity contribution in [3.8, 4) is 0 Å². The van der Waals surface area contributed by atoms with Crippen molar-refractivity contribution in [2.45, 2.75) is 32.0 Å². The lowest BCUT2D eigenvalue weighted by Crippen LogP contribution is -1.89. The fraction of sp³-hybridized carbons (Fsp3) is 0.455. The van der Waals surface area contributed by atoms with Crippen LogP contribution in [0.15, 0.2) is 18.2 Å². The van der Waals surface area contributed by atoms with Gasteiger partial charge in [0, 0.05) is 4.83 Å². The zero-order valence-electron chi connectivity index (χ0n) is 7.89. The third kappa shape index (κ3) is 2.10. The Morgan fingerprint density at radius 2 is 1.92 bits per heavy atom. The zero-order valence-corrected chi connectivity index (χ0v) is 9.48. The molecule has 1 aromatic rings. The lowest BCUT2D eigenvalue weighted by molar-refractivity contribution is 0.908. The molecule has 0 aliphatic carbocycles. The molecule has 0 saturated heterocycles. The van der Waals surface area contributed by atoms with Gasteiger partial charge in [-0.1, -0.05) is 41.1 Å². The smallest absolute Gasteiger partial charge is 0.0392 e. The summed E-state index contributed by atoms with van der Waals surface area (Å²) in [4.78, 5) is 0.511. The number of hydrogen-bond acceptors (Lipinski definition) is 0. The first-order valence-electron chi connectivity index (χ1n) is 4.36. The first-order valence-corrected chi connectivity index (χ1v) is 5.28. The molecule has 0 aliphatic heterocycles. The van der Waals surface area contributed by atoms with E-state index < -0.39 is 0 Å². The summed E-state index contributed by atoms with van der Waals surface area (Å²) in [5.74, 6) is 0. The minimum atomic E-state index is 0.511. The quantitative estimate of drug-likeness (QED) is 0.666. The van der Waals surface area contributed by atoms with Crippen LogP contribution in [0.25, 0.3) is 0 Å². The Kier molecular flexibility index (Phi) is 3.33. The lowest BCUT2D eigenvalue weighted by atomic mass is 10.0. The van der Waals surface area contributed by atoms with E-state index in [1.54, 1.807) is 0 Å². The molecule has 1 unspecified atom stereocenters. The zero-order chi connectivity index (χ0) is 9.14. The fourth-order valence-electron chi connectivity index (χ4n) is 1.20. The Morgan fingerprint density at radius 1 is 1.25 bits per heavy atom. The number of alkyl halides is 1. The van der Waals surface area contributed by atoms with Gasteiger partial charge in [-0.05, 0) is 37.0 Å². The van der Waals surface area contributed by atoms with Crippen LogP contribution in [0.1, 0.15) is 34.9 Å². The second-order valence-corrected chi connectivity index (χ2v) is 4.32. The summed E-state index contributed by atoms with van der Waals surface area (Å²) < 4.78 is 0. The topological polar surface area (TPSA) is 0 Å². The SMILES string of the molecule is CCC(Br)c1ccc(C)c(C)c1.